The zero-order valence-corrected chi connectivity index (χ0v) is 15.9. The number of carbonyl (C=O) groups excluding carboxylic acids is 6. The van der Waals surface area contributed by atoms with E-state index in [4.69, 9.17) is 18.9 Å². The van der Waals surface area contributed by atoms with Crippen molar-refractivity contribution in [3.8, 4) is 0 Å². The Hall–Kier alpha value is -3.05. The molecule has 0 amide bonds. The van der Waals surface area contributed by atoms with Gasteiger partial charge in [0.1, 0.15) is 6.61 Å². The molecule has 0 radical (unpaired) electrons. The molecule has 0 saturated heterocycles. The molecule has 0 aliphatic heterocycles. The molecular weight excluding hydrogens is 387 g/mol. The normalized spacial score (nSPS) is 14.5. The van der Waals surface area contributed by atoms with Gasteiger partial charge in [0.2, 0.25) is 6.10 Å². The second-order valence-corrected chi connectivity index (χ2v) is 5.43. The zero-order valence-electron chi connectivity index (χ0n) is 15.9. The molecule has 4 atom stereocenters. The number of hydrogen-bond acceptors (Lipinski definition) is 11. The first kappa shape index (κ1) is 24.9. The summed E-state index contributed by atoms with van der Waals surface area (Å²) in [6.07, 6.45) is -7.84. The number of rotatable bonds is 10. The average Bonchev–Trinajstić information content (AvgIpc) is 2.51. The van der Waals surface area contributed by atoms with Gasteiger partial charge in [-0.2, -0.15) is 4.39 Å². The van der Waals surface area contributed by atoms with Crippen molar-refractivity contribution in [2.45, 2.75) is 59.0 Å². The van der Waals surface area contributed by atoms with Crippen LogP contribution in [-0.4, -0.2) is 66.9 Å². The minimum absolute atomic E-state index is 0.697. The summed E-state index contributed by atoms with van der Waals surface area (Å²) in [4.78, 5) is 67.9. The van der Waals surface area contributed by atoms with Crippen LogP contribution in [0.25, 0.3) is 0 Å². The van der Waals surface area contributed by atoms with Crippen molar-refractivity contribution in [1.82, 2.24) is 0 Å². The fraction of sp³-hybridized carbons (Fsp3) is 0.625. The van der Waals surface area contributed by atoms with E-state index in [-0.39, 0.29) is 0 Å². The maximum Gasteiger partial charge on any atom is 0.345 e. The molecule has 28 heavy (non-hydrogen) atoms. The van der Waals surface area contributed by atoms with Gasteiger partial charge < -0.3 is 23.7 Å². The molecular formula is C16H21FO11. The monoisotopic (exact) mass is 408 g/mol. The van der Waals surface area contributed by atoms with E-state index in [1.54, 1.807) is 0 Å². The lowest BCUT2D eigenvalue weighted by Crippen LogP contribution is -2.54. The molecule has 0 unspecified atom stereocenters. The summed E-state index contributed by atoms with van der Waals surface area (Å²) in [7, 11) is 0. The maximum atomic E-state index is 13.5. The highest BCUT2D eigenvalue weighted by Gasteiger charge is 2.47. The Morgan fingerprint density at radius 1 is 0.643 bits per heavy atom. The van der Waals surface area contributed by atoms with E-state index in [0.717, 1.165) is 34.6 Å². The molecule has 0 saturated carbocycles. The topological polar surface area (TPSA) is 149 Å². The van der Waals surface area contributed by atoms with Crippen molar-refractivity contribution >= 4 is 35.9 Å². The standard InChI is InChI=1S/C16H21FO11/c1-7(18)24-6-12(25-8(2)19)13(26-9(3)20)14(27-10(4)21)15(16(17)23)28-11(5)22/h12-15H,6H2,1-5H3/t12-,13-,14+,15+/m1/s1. The van der Waals surface area contributed by atoms with E-state index in [1.807, 2.05) is 0 Å². The molecule has 0 heterocycles. The quantitative estimate of drug-likeness (QED) is 0.268. The minimum Gasteiger partial charge on any atom is -0.462 e. The predicted octanol–water partition coefficient (Wildman–Crippen LogP) is -0.228. The lowest BCUT2D eigenvalue weighted by Gasteiger charge is -2.33. The van der Waals surface area contributed by atoms with E-state index >= 15 is 0 Å². The van der Waals surface area contributed by atoms with Gasteiger partial charge in [0.25, 0.3) is 0 Å². The number of ether oxygens (including phenoxy) is 5. The molecule has 0 spiro atoms. The van der Waals surface area contributed by atoms with Crippen LogP contribution in [0.15, 0.2) is 0 Å². The third kappa shape index (κ3) is 9.59. The average molecular weight is 408 g/mol. The lowest BCUT2D eigenvalue weighted by molar-refractivity contribution is -0.204. The SMILES string of the molecule is CC(=O)OC[C@@H](OC(C)=O)[C@@H](OC(C)=O)[C@H](OC(C)=O)[C@H](OC(C)=O)C(=O)F. The third-order valence-corrected chi connectivity index (χ3v) is 2.88. The molecule has 0 aliphatic rings. The summed E-state index contributed by atoms with van der Waals surface area (Å²) in [5.41, 5.74) is 0. The summed E-state index contributed by atoms with van der Waals surface area (Å²) >= 11 is 0. The molecule has 0 bridgehead atoms. The number of esters is 5. The summed E-state index contributed by atoms with van der Waals surface area (Å²) in [6.45, 7) is 3.96. The van der Waals surface area contributed by atoms with Gasteiger partial charge in [0.05, 0.1) is 0 Å². The molecule has 12 heteroatoms. The summed E-state index contributed by atoms with van der Waals surface area (Å²) in [5.74, 6) is -4.91. The van der Waals surface area contributed by atoms with E-state index in [9.17, 15) is 33.2 Å². The maximum absolute atomic E-state index is 13.5. The molecule has 0 rings (SSSR count). The number of halogens is 1. The number of carbonyl (C=O) groups is 6. The predicted molar refractivity (Wildman–Crippen MR) is 85.0 cm³/mol. The number of hydrogen-bond donors (Lipinski definition) is 0. The Bertz CT molecular complexity index is 630. The Kier molecular flexibility index (Phi) is 10.4. The van der Waals surface area contributed by atoms with Gasteiger partial charge in [0, 0.05) is 34.6 Å². The van der Waals surface area contributed by atoms with Crippen LogP contribution in [0, 0.1) is 0 Å². The van der Waals surface area contributed by atoms with Crippen molar-refractivity contribution in [1.29, 1.82) is 0 Å². The molecule has 0 fully saturated rings. The highest BCUT2D eigenvalue weighted by Crippen LogP contribution is 2.21. The second kappa shape index (κ2) is 11.6. The van der Waals surface area contributed by atoms with Gasteiger partial charge in [-0.25, -0.2) is 0 Å². The molecule has 0 aromatic rings. The van der Waals surface area contributed by atoms with Gasteiger partial charge in [-0.1, -0.05) is 0 Å². The highest BCUT2D eigenvalue weighted by atomic mass is 19.1. The Morgan fingerprint density at radius 2 is 1.07 bits per heavy atom. The van der Waals surface area contributed by atoms with Crippen LogP contribution >= 0.6 is 0 Å². The van der Waals surface area contributed by atoms with Crippen LogP contribution in [-0.2, 0) is 52.5 Å². The molecule has 11 nitrogen and oxygen atoms in total. The Morgan fingerprint density at radius 3 is 1.43 bits per heavy atom. The third-order valence-electron chi connectivity index (χ3n) is 2.88. The van der Waals surface area contributed by atoms with Gasteiger partial charge in [-0.3, -0.25) is 28.8 Å². The van der Waals surface area contributed by atoms with Gasteiger partial charge >= 0.3 is 35.9 Å². The molecule has 0 N–H and O–H groups in total. The van der Waals surface area contributed by atoms with Crippen molar-refractivity contribution in [3.63, 3.8) is 0 Å². The first-order chi connectivity index (χ1) is 12.8. The van der Waals surface area contributed by atoms with Crippen LogP contribution in [0.4, 0.5) is 4.39 Å². The first-order valence-electron chi connectivity index (χ1n) is 7.86. The van der Waals surface area contributed by atoms with Crippen molar-refractivity contribution in [2.24, 2.45) is 0 Å². The van der Waals surface area contributed by atoms with Crippen LogP contribution in [0.1, 0.15) is 34.6 Å². The minimum atomic E-state index is -2.33. The van der Waals surface area contributed by atoms with Crippen molar-refractivity contribution in [3.05, 3.63) is 0 Å². The second-order valence-electron chi connectivity index (χ2n) is 5.43. The molecule has 0 aromatic carbocycles. The van der Waals surface area contributed by atoms with Crippen LogP contribution in [0.3, 0.4) is 0 Å². The lowest BCUT2D eigenvalue weighted by atomic mass is 10.0. The van der Waals surface area contributed by atoms with E-state index < -0.39 is 66.9 Å². The van der Waals surface area contributed by atoms with Gasteiger partial charge in [-0.15, -0.1) is 0 Å². The van der Waals surface area contributed by atoms with Crippen LogP contribution in [0.2, 0.25) is 0 Å². The molecule has 0 aromatic heterocycles. The first-order valence-corrected chi connectivity index (χ1v) is 7.86. The fourth-order valence-corrected chi connectivity index (χ4v) is 2.07. The summed E-state index contributed by atoms with van der Waals surface area (Å²) in [5, 5.41) is 0. The van der Waals surface area contributed by atoms with Crippen LogP contribution in [0.5, 0.6) is 0 Å². The van der Waals surface area contributed by atoms with Gasteiger partial charge in [0.15, 0.2) is 18.3 Å². The smallest absolute Gasteiger partial charge is 0.345 e. The Labute approximate surface area is 159 Å². The van der Waals surface area contributed by atoms with Gasteiger partial charge in [-0.05, 0) is 0 Å². The van der Waals surface area contributed by atoms with Crippen molar-refractivity contribution in [2.75, 3.05) is 6.61 Å². The van der Waals surface area contributed by atoms with E-state index in [0.29, 0.717) is 0 Å². The van der Waals surface area contributed by atoms with E-state index in [2.05, 4.69) is 4.74 Å². The largest absolute Gasteiger partial charge is 0.462 e. The summed E-state index contributed by atoms with van der Waals surface area (Å²) in [6, 6.07) is -2.23. The Balaban J connectivity index is 6.18. The van der Waals surface area contributed by atoms with E-state index in [1.165, 1.54) is 0 Å². The van der Waals surface area contributed by atoms with Crippen molar-refractivity contribution < 1.29 is 56.8 Å². The fourth-order valence-electron chi connectivity index (χ4n) is 2.07. The van der Waals surface area contributed by atoms with Crippen LogP contribution < -0.4 is 0 Å². The molecule has 0 aliphatic carbocycles. The zero-order chi connectivity index (χ0) is 22.0. The molecule has 158 valence electrons. The summed E-state index contributed by atoms with van der Waals surface area (Å²) < 4.78 is 37.4. The highest BCUT2D eigenvalue weighted by molar-refractivity contribution is 5.79.